The maximum Gasteiger partial charge on any atom is 0.274 e. The number of pyridine rings is 1. The molecule has 10 heteroatoms. The first-order valence-corrected chi connectivity index (χ1v) is 12.2. The number of ether oxygens (including phenoxy) is 2. The highest BCUT2D eigenvalue weighted by atomic mass is 19.1. The van der Waals surface area contributed by atoms with Gasteiger partial charge in [0.05, 0.1) is 6.61 Å². The number of nitrogen functional groups attached to an aromatic ring is 1. The van der Waals surface area contributed by atoms with Gasteiger partial charge in [-0.25, -0.2) is 4.39 Å². The lowest BCUT2D eigenvalue weighted by Gasteiger charge is -2.17. The van der Waals surface area contributed by atoms with E-state index in [0.29, 0.717) is 12.0 Å². The van der Waals surface area contributed by atoms with Gasteiger partial charge in [-0.1, -0.05) is 42.5 Å². The molecule has 2 aromatic carbocycles. The molecule has 0 bridgehead atoms. The average molecular weight is 521 g/mol. The summed E-state index contributed by atoms with van der Waals surface area (Å²) in [6.45, 7) is 3.86. The number of hydrogen-bond donors (Lipinski definition) is 3. The monoisotopic (exact) mass is 520 g/mol. The van der Waals surface area contributed by atoms with Gasteiger partial charge in [-0.05, 0) is 30.9 Å². The van der Waals surface area contributed by atoms with Crippen LogP contribution in [0.2, 0.25) is 0 Å². The van der Waals surface area contributed by atoms with Crippen molar-refractivity contribution in [2.75, 3.05) is 12.4 Å². The molecule has 4 rings (SSSR count). The van der Waals surface area contributed by atoms with Crippen molar-refractivity contribution in [3.8, 4) is 11.5 Å². The summed E-state index contributed by atoms with van der Waals surface area (Å²) in [5, 5.41) is 5.43. The first-order chi connectivity index (χ1) is 18.4. The summed E-state index contributed by atoms with van der Waals surface area (Å²) in [6, 6.07) is 13.0. The standard InChI is InChI=1S/C28H29FN4O5/c1-2-3-13-37-23-14-20(29)10-9-19(23)15-31-27(35)22-16-33(30)24(28(36)32-21-11-12-21)26(25(22)34)38-17-18-7-5-4-6-8-18/h2,4-10,14,16,21H,1,3,11-13,15,17,30H2,(H,31,35)(H,32,36). The van der Waals surface area contributed by atoms with E-state index in [4.69, 9.17) is 15.3 Å². The summed E-state index contributed by atoms with van der Waals surface area (Å²) < 4.78 is 26.1. The van der Waals surface area contributed by atoms with E-state index in [1.54, 1.807) is 18.2 Å². The summed E-state index contributed by atoms with van der Waals surface area (Å²) in [5.74, 6) is 4.25. The predicted molar refractivity (Wildman–Crippen MR) is 140 cm³/mol. The van der Waals surface area contributed by atoms with Crippen LogP contribution < -0.4 is 31.4 Å². The van der Waals surface area contributed by atoms with Gasteiger partial charge in [0.25, 0.3) is 11.8 Å². The molecule has 198 valence electrons. The Morgan fingerprint density at radius 3 is 2.61 bits per heavy atom. The second-order valence-electron chi connectivity index (χ2n) is 8.84. The number of nitrogens with zero attached hydrogens (tertiary/aromatic N) is 1. The highest BCUT2D eigenvalue weighted by molar-refractivity contribution is 5.99. The predicted octanol–water partition coefficient (Wildman–Crippen LogP) is 3.06. The summed E-state index contributed by atoms with van der Waals surface area (Å²) in [7, 11) is 0. The molecule has 1 aromatic heterocycles. The zero-order valence-electron chi connectivity index (χ0n) is 20.7. The molecule has 0 saturated heterocycles. The Morgan fingerprint density at radius 2 is 1.89 bits per heavy atom. The van der Waals surface area contributed by atoms with Gasteiger partial charge in [0.1, 0.15) is 23.7 Å². The minimum absolute atomic E-state index is 0.00809. The normalized spacial score (nSPS) is 12.4. The largest absolute Gasteiger partial charge is 0.493 e. The van der Waals surface area contributed by atoms with Crippen molar-refractivity contribution in [2.45, 2.75) is 38.5 Å². The van der Waals surface area contributed by atoms with E-state index >= 15 is 0 Å². The number of halogens is 1. The maximum absolute atomic E-state index is 13.8. The molecule has 0 unspecified atom stereocenters. The van der Waals surface area contributed by atoms with Gasteiger partial charge in [0, 0.05) is 30.4 Å². The van der Waals surface area contributed by atoms with Crippen LogP contribution in [0.4, 0.5) is 4.39 Å². The zero-order chi connectivity index (χ0) is 27.1. The fourth-order valence-electron chi connectivity index (χ4n) is 3.67. The molecule has 38 heavy (non-hydrogen) atoms. The fraction of sp³-hybridized carbons (Fsp3) is 0.250. The Bertz CT molecular complexity index is 1390. The summed E-state index contributed by atoms with van der Waals surface area (Å²) >= 11 is 0. The van der Waals surface area contributed by atoms with Gasteiger partial charge < -0.3 is 25.9 Å². The number of amides is 2. The van der Waals surface area contributed by atoms with Crippen molar-refractivity contribution in [1.82, 2.24) is 15.3 Å². The highest BCUT2D eigenvalue weighted by Gasteiger charge is 2.29. The number of benzene rings is 2. The van der Waals surface area contributed by atoms with Gasteiger partial charge >= 0.3 is 0 Å². The second kappa shape index (κ2) is 12.1. The minimum atomic E-state index is -0.775. The third kappa shape index (κ3) is 6.58. The van der Waals surface area contributed by atoms with Crippen molar-refractivity contribution in [3.05, 3.63) is 106 Å². The van der Waals surface area contributed by atoms with Gasteiger partial charge in [-0.3, -0.25) is 19.1 Å². The first kappa shape index (κ1) is 26.5. The van der Waals surface area contributed by atoms with Crippen LogP contribution in [0.5, 0.6) is 11.5 Å². The van der Waals surface area contributed by atoms with E-state index in [2.05, 4.69) is 17.2 Å². The van der Waals surface area contributed by atoms with Crippen molar-refractivity contribution < 1.29 is 23.5 Å². The number of rotatable bonds is 12. The lowest BCUT2D eigenvalue weighted by atomic mass is 10.1. The van der Waals surface area contributed by atoms with Crippen LogP contribution in [0.25, 0.3) is 0 Å². The van der Waals surface area contributed by atoms with E-state index in [1.807, 2.05) is 18.2 Å². The summed E-state index contributed by atoms with van der Waals surface area (Å²) in [6.07, 6.45) is 5.00. The topological polar surface area (TPSA) is 125 Å². The minimum Gasteiger partial charge on any atom is -0.493 e. The van der Waals surface area contributed by atoms with Crippen LogP contribution in [0.1, 0.15) is 51.2 Å². The molecule has 0 spiro atoms. The van der Waals surface area contributed by atoms with Gasteiger partial charge in [0.15, 0.2) is 11.4 Å². The third-order valence-corrected chi connectivity index (χ3v) is 5.84. The molecule has 0 aliphatic heterocycles. The molecule has 4 N–H and O–H groups in total. The number of hydrogen-bond acceptors (Lipinski definition) is 6. The molecule has 9 nitrogen and oxygen atoms in total. The smallest absolute Gasteiger partial charge is 0.274 e. The number of carbonyl (C=O) groups excluding carboxylic acids is 2. The molecule has 1 aliphatic carbocycles. The molecule has 0 radical (unpaired) electrons. The van der Waals surface area contributed by atoms with E-state index in [9.17, 15) is 18.8 Å². The highest BCUT2D eigenvalue weighted by Crippen LogP contribution is 2.23. The second-order valence-corrected chi connectivity index (χ2v) is 8.84. The van der Waals surface area contributed by atoms with Gasteiger partial charge in [-0.15, -0.1) is 6.58 Å². The number of aromatic nitrogens is 1. The molecular weight excluding hydrogens is 491 g/mol. The third-order valence-electron chi connectivity index (χ3n) is 5.84. The van der Waals surface area contributed by atoms with Crippen molar-refractivity contribution in [1.29, 1.82) is 0 Å². The molecule has 1 fully saturated rings. The Morgan fingerprint density at radius 1 is 1.13 bits per heavy atom. The lowest BCUT2D eigenvalue weighted by Crippen LogP contribution is -2.37. The molecular formula is C28H29FN4O5. The number of nitrogens with one attached hydrogen (secondary N) is 2. The molecule has 2 amide bonds. The van der Waals surface area contributed by atoms with E-state index in [0.717, 1.165) is 29.3 Å². The number of nitrogens with two attached hydrogens (primary N) is 1. The number of carbonyl (C=O) groups is 2. The van der Waals surface area contributed by atoms with E-state index in [-0.39, 0.29) is 48.6 Å². The molecule has 3 aromatic rings. The van der Waals surface area contributed by atoms with Crippen LogP contribution in [0.15, 0.2) is 72.2 Å². The van der Waals surface area contributed by atoms with E-state index in [1.165, 1.54) is 18.2 Å². The van der Waals surface area contributed by atoms with Gasteiger partial charge in [0.2, 0.25) is 5.43 Å². The Kier molecular flexibility index (Phi) is 8.42. The maximum atomic E-state index is 13.8. The van der Waals surface area contributed by atoms with Crippen molar-refractivity contribution in [2.24, 2.45) is 0 Å². The van der Waals surface area contributed by atoms with Crippen LogP contribution in [0, 0.1) is 5.82 Å². The fourth-order valence-corrected chi connectivity index (χ4v) is 3.67. The van der Waals surface area contributed by atoms with Crippen LogP contribution in [-0.2, 0) is 13.2 Å². The first-order valence-electron chi connectivity index (χ1n) is 12.2. The van der Waals surface area contributed by atoms with Crippen LogP contribution >= 0.6 is 0 Å². The summed E-state index contributed by atoms with van der Waals surface area (Å²) in [4.78, 5) is 39.3. The van der Waals surface area contributed by atoms with Crippen molar-refractivity contribution >= 4 is 11.8 Å². The zero-order valence-corrected chi connectivity index (χ0v) is 20.7. The Labute approximate surface area is 219 Å². The van der Waals surface area contributed by atoms with Crippen LogP contribution in [0.3, 0.4) is 0 Å². The molecule has 1 saturated carbocycles. The van der Waals surface area contributed by atoms with Gasteiger partial charge in [-0.2, -0.15) is 0 Å². The summed E-state index contributed by atoms with van der Waals surface area (Å²) in [5.41, 5.74) is 0.0141. The molecule has 1 aliphatic rings. The Balaban J connectivity index is 1.58. The van der Waals surface area contributed by atoms with Crippen LogP contribution in [-0.4, -0.2) is 29.1 Å². The Hall–Kier alpha value is -4.60. The average Bonchev–Trinajstić information content (AvgIpc) is 3.72. The molecule has 1 heterocycles. The lowest BCUT2D eigenvalue weighted by molar-refractivity contribution is 0.0925. The quantitative estimate of drug-likeness (QED) is 0.192. The van der Waals surface area contributed by atoms with E-state index < -0.39 is 23.1 Å². The SMILES string of the molecule is C=CCCOc1cc(F)ccc1CNC(=O)c1cn(N)c(C(=O)NC2CC2)c(OCc2ccccc2)c1=O. The molecule has 0 atom stereocenters. The van der Waals surface area contributed by atoms with Crippen molar-refractivity contribution in [3.63, 3.8) is 0 Å².